The highest BCUT2D eigenvalue weighted by atomic mass is 17.1. The van der Waals surface area contributed by atoms with E-state index in [0.717, 1.165) is 12.0 Å². The van der Waals surface area contributed by atoms with Crippen LogP contribution in [0.25, 0.3) is 0 Å². The van der Waals surface area contributed by atoms with Crippen molar-refractivity contribution in [1.82, 2.24) is 5.32 Å². The highest BCUT2D eigenvalue weighted by molar-refractivity contribution is 5.94. The number of nitrogens with one attached hydrogen (secondary N) is 1. The third kappa shape index (κ3) is 3.69. The van der Waals surface area contributed by atoms with Crippen LogP contribution in [0.4, 0.5) is 0 Å². The summed E-state index contributed by atoms with van der Waals surface area (Å²) in [7, 11) is 0. The van der Waals surface area contributed by atoms with Gasteiger partial charge in [0.25, 0.3) is 5.91 Å². The van der Waals surface area contributed by atoms with Gasteiger partial charge in [-0.05, 0) is 24.1 Å². The smallest absolute Gasteiger partial charge is 0.251 e. The van der Waals surface area contributed by atoms with E-state index in [1.54, 1.807) is 24.3 Å². The van der Waals surface area contributed by atoms with E-state index in [1.165, 1.54) is 0 Å². The van der Waals surface area contributed by atoms with Crippen LogP contribution in [0.15, 0.2) is 24.3 Å². The Kier molecular flexibility index (Phi) is 4.80. The molecular formula is C11H15NO3. The molecule has 4 nitrogen and oxygen atoms in total. The molecule has 0 aliphatic carbocycles. The molecule has 1 amide bonds. The van der Waals surface area contributed by atoms with E-state index >= 15 is 0 Å². The summed E-state index contributed by atoms with van der Waals surface area (Å²) < 4.78 is 0. The van der Waals surface area contributed by atoms with E-state index in [0.29, 0.717) is 12.1 Å². The predicted octanol–water partition coefficient (Wildman–Crippen LogP) is 1.82. The van der Waals surface area contributed by atoms with Crippen LogP contribution in [0.3, 0.4) is 0 Å². The number of carbonyl (C=O) groups is 1. The zero-order chi connectivity index (χ0) is 11.1. The van der Waals surface area contributed by atoms with Gasteiger partial charge in [0.05, 0.1) is 0 Å². The van der Waals surface area contributed by atoms with Crippen molar-refractivity contribution in [2.75, 3.05) is 6.54 Å². The Bertz CT molecular complexity index is 308. The minimum atomic E-state index is -0.0756. The molecule has 0 aliphatic heterocycles. The van der Waals surface area contributed by atoms with E-state index in [1.807, 2.05) is 6.92 Å². The van der Waals surface area contributed by atoms with Gasteiger partial charge in [0.1, 0.15) is 6.61 Å². The van der Waals surface area contributed by atoms with Crippen LogP contribution in [0.2, 0.25) is 0 Å². The number of carbonyl (C=O) groups excluding carboxylic acids is 1. The summed E-state index contributed by atoms with van der Waals surface area (Å²) in [6.45, 7) is 2.82. The molecular weight excluding hydrogens is 194 g/mol. The molecule has 0 saturated heterocycles. The summed E-state index contributed by atoms with van der Waals surface area (Å²) in [5, 5.41) is 11.0. The van der Waals surface area contributed by atoms with Crippen LogP contribution >= 0.6 is 0 Å². The topological polar surface area (TPSA) is 58.6 Å². The second-order valence-corrected chi connectivity index (χ2v) is 3.23. The minimum Gasteiger partial charge on any atom is -0.352 e. The van der Waals surface area contributed by atoms with Crippen LogP contribution in [0.1, 0.15) is 29.3 Å². The number of hydrogen-bond donors (Lipinski definition) is 2. The molecule has 0 spiro atoms. The molecule has 0 aromatic heterocycles. The van der Waals surface area contributed by atoms with Crippen molar-refractivity contribution in [1.29, 1.82) is 0 Å². The molecule has 0 atom stereocenters. The standard InChI is InChI=1S/C11H15NO3/c1-2-7-12-11(13)10-5-3-9(4-6-10)8-15-14/h3-6,14H,2,7-8H2,1H3,(H,12,13). The summed E-state index contributed by atoms with van der Waals surface area (Å²) in [6, 6.07) is 6.91. The first-order valence-electron chi connectivity index (χ1n) is 4.91. The van der Waals surface area contributed by atoms with E-state index in [4.69, 9.17) is 5.26 Å². The number of rotatable bonds is 5. The maximum absolute atomic E-state index is 11.5. The van der Waals surface area contributed by atoms with Crippen molar-refractivity contribution in [3.8, 4) is 0 Å². The zero-order valence-corrected chi connectivity index (χ0v) is 8.69. The Morgan fingerprint density at radius 2 is 2.07 bits per heavy atom. The van der Waals surface area contributed by atoms with Gasteiger partial charge in [-0.15, -0.1) is 0 Å². The molecule has 0 saturated carbocycles. The van der Waals surface area contributed by atoms with Gasteiger partial charge in [-0.25, -0.2) is 4.89 Å². The van der Waals surface area contributed by atoms with Gasteiger partial charge >= 0.3 is 0 Å². The summed E-state index contributed by atoms with van der Waals surface area (Å²) >= 11 is 0. The predicted molar refractivity (Wildman–Crippen MR) is 56.5 cm³/mol. The Hall–Kier alpha value is -1.39. The molecule has 15 heavy (non-hydrogen) atoms. The van der Waals surface area contributed by atoms with Gasteiger partial charge < -0.3 is 5.32 Å². The van der Waals surface area contributed by atoms with Crippen molar-refractivity contribution in [3.63, 3.8) is 0 Å². The molecule has 0 heterocycles. The van der Waals surface area contributed by atoms with E-state index < -0.39 is 0 Å². The van der Waals surface area contributed by atoms with E-state index in [9.17, 15) is 4.79 Å². The fourth-order valence-corrected chi connectivity index (χ4v) is 1.17. The number of hydrogen-bond acceptors (Lipinski definition) is 3. The second-order valence-electron chi connectivity index (χ2n) is 3.23. The first-order valence-corrected chi connectivity index (χ1v) is 4.91. The summed E-state index contributed by atoms with van der Waals surface area (Å²) in [5.74, 6) is -0.0756. The number of amides is 1. The minimum absolute atomic E-state index is 0.0756. The third-order valence-corrected chi connectivity index (χ3v) is 1.98. The quantitative estimate of drug-likeness (QED) is 0.574. The molecule has 4 heteroatoms. The lowest BCUT2D eigenvalue weighted by Gasteiger charge is -2.04. The van der Waals surface area contributed by atoms with Crippen LogP contribution in [0, 0.1) is 0 Å². The highest BCUT2D eigenvalue weighted by Gasteiger charge is 2.03. The monoisotopic (exact) mass is 209 g/mol. The van der Waals surface area contributed by atoms with Crippen LogP contribution < -0.4 is 5.32 Å². The lowest BCUT2D eigenvalue weighted by atomic mass is 10.1. The van der Waals surface area contributed by atoms with Gasteiger partial charge in [-0.1, -0.05) is 19.1 Å². The fourth-order valence-electron chi connectivity index (χ4n) is 1.17. The van der Waals surface area contributed by atoms with Gasteiger partial charge in [-0.3, -0.25) is 10.1 Å². The lowest BCUT2D eigenvalue weighted by Crippen LogP contribution is -2.23. The summed E-state index contributed by atoms with van der Waals surface area (Å²) in [4.78, 5) is 15.5. The number of benzene rings is 1. The molecule has 2 N–H and O–H groups in total. The first-order chi connectivity index (χ1) is 7.27. The Balaban J connectivity index is 2.58. The van der Waals surface area contributed by atoms with Gasteiger partial charge in [0, 0.05) is 12.1 Å². The van der Waals surface area contributed by atoms with Crippen molar-refractivity contribution in [2.24, 2.45) is 0 Å². The highest BCUT2D eigenvalue weighted by Crippen LogP contribution is 2.05. The average molecular weight is 209 g/mol. The van der Waals surface area contributed by atoms with Crippen LogP contribution in [0.5, 0.6) is 0 Å². The van der Waals surface area contributed by atoms with Crippen molar-refractivity contribution in [2.45, 2.75) is 20.0 Å². The summed E-state index contributed by atoms with van der Waals surface area (Å²) in [5.41, 5.74) is 1.44. The Labute approximate surface area is 88.8 Å². The Morgan fingerprint density at radius 3 is 2.60 bits per heavy atom. The van der Waals surface area contributed by atoms with Crippen molar-refractivity contribution < 1.29 is 14.9 Å². The molecule has 1 rings (SSSR count). The fraction of sp³-hybridized carbons (Fsp3) is 0.364. The van der Waals surface area contributed by atoms with Crippen molar-refractivity contribution >= 4 is 5.91 Å². The zero-order valence-electron chi connectivity index (χ0n) is 8.69. The molecule has 0 fully saturated rings. The van der Waals surface area contributed by atoms with Gasteiger partial charge in [0.15, 0.2) is 0 Å². The first kappa shape index (κ1) is 11.7. The van der Waals surface area contributed by atoms with E-state index in [2.05, 4.69) is 10.2 Å². The third-order valence-electron chi connectivity index (χ3n) is 1.98. The average Bonchev–Trinajstić information content (AvgIpc) is 2.27. The molecule has 82 valence electrons. The Morgan fingerprint density at radius 1 is 1.40 bits per heavy atom. The molecule has 0 aliphatic rings. The largest absolute Gasteiger partial charge is 0.352 e. The maximum Gasteiger partial charge on any atom is 0.251 e. The van der Waals surface area contributed by atoms with E-state index in [-0.39, 0.29) is 12.5 Å². The molecule has 0 unspecified atom stereocenters. The molecule has 0 radical (unpaired) electrons. The second kappa shape index (κ2) is 6.16. The molecule has 1 aromatic carbocycles. The lowest BCUT2D eigenvalue weighted by molar-refractivity contribution is -0.253. The van der Waals surface area contributed by atoms with Crippen LogP contribution in [-0.4, -0.2) is 17.7 Å². The molecule has 0 bridgehead atoms. The SMILES string of the molecule is CCCNC(=O)c1ccc(COO)cc1. The van der Waals surface area contributed by atoms with Gasteiger partial charge in [-0.2, -0.15) is 0 Å². The maximum atomic E-state index is 11.5. The normalized spacial score (nSPS) is 10.0. The molecule has 1 aromatic rings. The van der Waals surface area contributed by atoms with Crippen LogP contribution in [-0.2, 0) is 11.5 Å². The van der Waals surface area contributed by atoms with Crippen molar-refractivity contribution in [3.05, 3.63) is 35.4 Å². The van der Waals surface area contributed by atoms with Gasteiger partial charge in [0.2, 0.25) is 0 Å². The summed E-state index contributed by atoms with van der Waals surface area (Å²) in [6.07, 6.45) is 0.919.